The summed E-state index contributed by atoms with van der Waals surface area (Å²) in [5.74, 6) is -1.40. The highest BCUT2D eigenvalue weighted by Crippen LogP contribution is 2.29. The third kappa shape index (κ3) is 3.59. The Balaban J connectivity index is 2.18. The van der Waals surface area contributed by atoms with Gasteiger partial charge in [-0.05, 0) is 43.3 Å². The lowest BCUT2D eigenvalue weighted by Gasteiger charge is -2.09. The molecular formula is C15H11F4NO. The Bertz CT molecular complexity index is 662. The molecule has 0 radical (unpaired) electrons. The molecule has 0 saturated carbocycles. The molecule has 0 aliphatic carbocycles. The Labute approximate surface area is 118 Å². The van der Waals surface area contributed by atoms with Gasteiger partial charge in [0, 0.05) is 5.69 Å². The summed E-state index contributed by atoms with van der Waals surface area (Å²) >= 11 is 0. The van der Waals surface area contributed by atoms with Crippen molar-refractivity contribution in [1.82, 2.24) is 0 Å². The predicted molar refractivity (Wildman–Crippen MR) is 70.5 cm³/mol. The van der Waals surface area contributed by atoms with Crippen LogP contribution in [0, 0.1) is 12.7 Å². The second-order valence-electron chi connectivity index (χ2n) is 4.51. The van der Waals surface area contributed by atoms with Crippen LogP contribution in [0.1, 0.15) is 21.5 Å². The van der Waals surface area contributed by atoms with E-state index in [9.17, 15) is 22.4 Å². The second kappa shape index (κ2) is 5.55. The Morgan fingerprint density at radius 3 is 2.24 bits per heavy atom. The molecule has 0 atom stereocenters. The maximum atomic E-state index is 13.5. The van der Waals surface area contributed by atoms with Crippen molar-refractivity contribution in [3.8, 4) is 0 Å². The van der Waals surface area contributed by atoms with Crippen LogP contribution in [-0.4, -0.2) is 5.91 Å². The van der Waals surface area contributed by atoms with Gasteiger partial charge in [0.2, 0.25) is 0 Å². The molecule has 0 fully saturated rings. The molecule has 21 heavy (non-hydrogen) atoms. The van der Waals surface area contributed by atoms with Crippen LogP contribution in [0.2, 0.25) is 0 Å². The van der Waals surface area contributed by atoms with Crippen LogP contribution >= 0.6 is 0 Å². The van der Waals surface area contributed by atoms with Crippen LogP contribution < -0.4 is 5.32 Å². The van der Waals surface area contributed by atoms with E-state index in [0.717, 1.165) is 30.3 Å². The molecule has 2 aromatic carbocycles. The van der Waals surface area contributed by atoms with Crippen molar-refractivity contribution in [2.24, 2.45) is 0 Å². The number of rotatable bonds is 2. The maximum absolute atomic E-state index is 13.5. The van der Waals surface area contributed by atoms with E-state index in [2.05, 4.69) is 5.32 Å². The minimum Gasteiger partial charge on any atom is -0.322 e. The topological polar surface area (TPSA) is 29.1 Å². The highest BCUT2D eigenvalue weighted by atomic mass is 19.4. The molecule has 1 amide bonds. The fourth-order valence-corrected chi connectivity index (χ4v) is 1.75. The normalized spacial score (nSPS) is 11.3. The average molecular weight is 297 g/mol. The van der Waals surface area contributed by atoms with Crippen molar-refractivity contribution in [1.29, 1.82) is 0 Å². The molecule has 0 spiro atoms. The molecule has 0 unspecified atom stereocenters. The van der Waals surface area contributed by atoms with Crippen molar-refractivity contribution in [3.63, 3.8) is 0 Å². The number of benzene rings is 2. The first-order valence-electron chi connectivity index (χ1n) is 6.02. The van der Waals surface area contributed by atoms with Gasteiger partial charge in [-0.2, -0.15) is 13.2 Å². The number of carbonyl (C=O) groups is 1. The molecule has 6 heteroatoms. The highest BCUT2D eigenvalue weighted by Gasteiger charge is 2.30. The minimum atomic E-state index is -4.44. The van der Waals surface area contributed by atoms with Crippen molar-refractivity contribution < 1.29 is 22.4 Å². The SMILES string of the molecule is Cc1ccc(F)c(C(=O)Nc2ccc(C(F)(F)F)cc2)c1. The van der Waals surface area contributed by atoms with E-state index in [4.69, 9.17) is 0 Å². The van der Waals surface area contributed by atoms with E-state index in [-0.39, 0.29) is 11.3 Å². The molecule has 2 aromatic rings. The van der Waals surface area contributed by atoms with Crippen molar-refractivity contribution in [2.45, 2.75) is 13.1 Å². The summed E-state index contributed by atoms with van der Waals surface area (Å²) in [4.78, 5) is 11.9. The second-order valence-corrected chi connectivity index (χ2v) is 4.51. The van der Waals surface area contributed by atoms with E-state index in [1.807, 2.05) is 0 Å². The van der Waals surface area contributed by atoms with E-state index in [1.165, 1.54) is 12.1 Å². The molecule has 0 aliphatic rings. The van der Waals surface area contributed by atoms with Gasteiger partial charge in [-0.3, -0.25) is 4.79 Å². The van der Waals surface area contributed by atoms with E-state index < -0.39 is 23.5 Å². The molecule has 0 heterocycles. The Morgan fingerprint density at radius 1 is 1.05 bits per heavy atom. The van der Waals surface area contributed by atoms with Crippen molar-refractivity contribution in [3.05, 3.63) is 65.0 Å². The monoisotopic (exact) mass is 297 g/mol. The summed E-state index contributed by atoms with van der Waals surface area (Å²) in [5.41, 5.74) is -0.111. The lowest BCUT2D eigenvalue weighted by Crippen LogP contribution is -2.14. The molecule has 1 N–H and O–H groups in total. The van der Waals surface area contributed by atoms with Crippen LogP contribution in [0.5, 0.6) is 0 Å². The summed E-state index contributed by atoms with van der Waals surface area (Å²) < 4.78 is 50.8. The Morgan fingerprint density at radius 2 is 1.67 bits per heavy atom. The predicted octanol–water partition coefficient (Wildman–Crippen LogP) is 4.41. The average Bonchev–Trinajstić information content (AvgIpc) is 2.41. The van der Waals surface area contributed by atoms with Crippen molar-refractivity contribution >= 4 is 11.6 Å². The zero-order valence-corrected chi connectivity index (χ0v) is 11.0. The molecule has 0 aliphatic heterocycles. The number of hydrogen-bond donors (Lipinski definition) is 1. The third-order valence-electron chi connectivity index (χ3n) is 2.84. The van der Waals surface area contributed by atoms with Crippen LogP contribution in [0.3, 0.4) is 0 Å². The van der Waals surface area contributed by atoms with Gasteiger partial charge in [-0.15, -0.1) is 0 Å². The van der Waals surface area contributed by atoms with Crippen LogP contribution in [0.15, 0.2) is 42.5 Å². The lowest BCUT2D eigenvalue weighted by molar-refractivity contribution is -0.137. The Kier molecular flexibility index (Phi) is 3.97. The molecule has 2 nitrogen and oxygen atoms in total. The number of aryl methyl sites for hydroxylation is 1. The summed E-state index contributed by atoms with van der Waals surface area (Å²) in [6.07, 6.45) is -4.44. The molecule has 0 aromatic heterocycles. The van der Waals surface area contributed by atoms with E-state index in [1.54, 1.807) is 6.92 Å². The quantitative estimate of drug-likeness (QED) is 0.818. The smallest absolute Gasteiger partial charge is 0.322 e. The summed E-state index contributed by atoms with van der Waals surface area (Å²) in [6, 6.07) is 7.99. The molecule has 0 saturated heterocycles. The molecular weight excluding hydrogens is 286 g/mol. The first kappa shape index (κ1) is 15.0. The molecule has 2 rings (SSSR count). The minimum absolute atomic E-state index is 0.158. The number of hydrogen-bond acceptors (Lipinski definition) is 1. The van der Waals surface area contributed by atoms with Crippen LogP contribution in [0.4, 0.5) is 23.2 Å². The number of amides is 1. The zero-order valence-electron chi connectivity index (χ0n) is 11.0. The lowest BCUT2D eigenvalue weighted by atomic mass is 10.1. The highest BCUT2D eigenvalue weighted by molar-refractivity contribution is 6.04. The summed E-state index contributed by atoms with van der Waals surface area (Å²) in [5, 5.41) is 2.36. The van der Waals surface area contributed by atoms with Gasteiger partial charge in [0.05, 0.1) is 11.1 Å². The fourth-order valence-electron chi connectivity index (χ4n) is 1.75. The number of alkyl halides is 3. The fraction of sp³-hybridized carbons (Fsp3) is 0.133. The molecule has 110 valence electrons. The van der Waals surface area contributed by atoms with Crippen LogP contribution in [0.25, 0.3) is 0 Å². The van der Waals surface area contributed by atoms with Crippen molar-refractivity contribution in [2.75, 3.05) is 5.32 Å². The van der Waals surface area contributed by atoms with Gasteiger partial charge >= 0.3 is 6.18 Å². The van der Waals surface area contributed by atoms with Gasteiger partial charge < -0.3 is 5.32 Å². The first-order chi connectivity index (χ1) is 9.77. The first-order valence-corrected chi connectivity index (χ1v) is 6.02. The summed E-state index contributed by atoms with van der Waals surface area (Å²) in [7, 11) is 0. The third-order valence-corrected chi connectivity index (χ3v) is 2.84. The van der Waals surface area contributed by atoms with Gasteiger partial charge in [0.25, 0.3) is 5.91 Å². The van der Waals surface area contributed by atoms with E-state index >= 15 is 0 Å². The van der Waals surface area contributed by atoms with Gasteiger partial charge in [-0.25, -0.2) is 4.39 Å². The number of nitrogens with one attached hydrogen (secondary N) is 1. The molecule has 0 bridgehead atoms. The zero-order chi connectivity index (χ0) is 15.6. The number of halogens is 4. The summed E-state index contributed by atoms with van der Waals surface area (Å²) in [6.45, 7) is 1.70. The van der Waals surface area contributed by atoms with Gasteiger partial charge in [0.15, 0.2) is 0 Å². The van der Waals surface area contributed by atoms with Gasteiger partial charge in [-0.1, -0.05) is 11.6 Å². The van der Waals surface area contributed by atoms with Crippen LogP contribution in [-0.2, 0) is 6.18 Å². The largest absolute Gasteiger partial charge is 0.416 e. The standard InChI is InChI=1S/C15H11F4NO/c1-9-2-7-13(16)12(8-9)14(21)20-11-5-3-10(4-6-11)15(17,18)19/h2-8H,1H3,(H,20,21). The van der Waals surface area contributed by atoms with Gasteiger partial charge in [0.1, 0.15) is 5.82 Å². The number of anilines is 1. The number of carbonyl (C=O) groups excluding carboxylic acids is 1. The Hall–Kier alpha value is -2.37. The van der Waals surface area contributed by atoms with E-state index in [0.29, 0.717) is 5.56 Å². The maximum Gasteiger partial charge on any atom is 0.416 e.